The van der Waals surface area contributed by atoms with Crippen molar-refractivity contribution in [1.29, 1.82) is 0 Å². The van der Waals surface area contributed by atoms with Gasteiger partial charge in [-0.15, -0.1) is 0 Å². The van der Waals surface area contributed by atoms with Crippen LogP contribution in [0.25, 0.3) is 5.57 Å². The van der Waals surface area contributed by atoms with Crippen molar-refractivity contribution in [3.63, 3.8) is 0 Å². The lowest BCUT2D eigenvalue weighted by Gasteiger charge is -2.25. The summed E-state index contributed by atoms with van der Waals surface area (Å²) in [6, 6.07) is 10.1. The maximum absolute atomic E-state index is 11.1. The summed E-state index contributed by atoms with van der Waals surface area (Å²) in [5.41, 5.74) is 8.18. The predicted molar refractivity (Wildman–Crippen MR) is 64.3 cm³/mol. The maximum Gasteiger partial charge on any atom is 0.264 e. The fraction of sp³-hybridized carbons (Fsp3) is 0.154. The zero-order valence-corrected chi connectivity index (χ0v) is 9.18. The maximum atomic E-state index is 11.1. The second-order valence-corrected chi connectivity index (χ2v) is 3.83. The van der Waals surface area contributed by atoms with Gasteiger partial charge in [-0.1, -0.05) is 36.4 Å². The number of rotatable bonds is 2. The molecule has 2 rings (SSSR count). The molecule has 0 aromatic heterocycles. The van der Waals surface area contributed by atoms with Crippen LogP contribution in [0, 0.1) is 0 Å². The van der Waals surface area contributed by atoms with Gasteiger partial charge < -0.3 is 10.6 Å². The third-order valence-electron chi connectivity index (χ3n) is 2.66. The first-order chi connectivity index (χ1) is 7.68. The minimum atomic E-state index is -0.383. The second-order valence-electron chi connectivity index (χ2n) is 3.83. The largest absolute Gasteiger partial charge is 0.366 e. The Morgan fingerprint density at radius 3 is 2.50 bits per heavy atom. The lowest BCUT2D eigenvalue weighted by Crippen LogP contribution is -2.31. The first-order valence-electron chi connectivity index (χ1n) is 5.15. The highest BCUT2D eigenvalue weighted by atomic mass is 16.1. The molecular formula is C13H14N2O. The van der Waals surface area contributed by atoms with Crippen molar-refractivity contribution in [2.45, 2.75) is 0 Å². The zero-order chi connectivity index (χ0) is 11.5. The Morgan fingerprint density at radius 2 is 1.94 bits per heavy atom. The van der Waals surface area contributed by atoms with Gasteiger partial charge in [0.05, 0.1) is 0 Å². The quantitative estimate of drug-likeness (QED) is 0.808. The number of benzene rings is 1. The van der Waals surface area contributed by atoms with E-state index in [-0.39, 0.29) is 5.91 Å². The zero-order valence-electron chi connectivity index (χ0n) is 9.18. The van der Waals surface area contributed by atoms with Gasteiger partial charge in [-0.25, -0.2) is 0 Å². The molecule has 1 amide bonds. The van der Waals surface area contributed by atoms with Gasteiger partial charge in [0.2, 0.25) is 0 Å². The first-order valence-corrected chi connectivity index (χ1v) is 5.15. The summed E-state index contributed by atoms with van der Waals surface area (Å²) in [7, 11) is 1.87. The number of primary amides is 1. The van der Waals surface area contributed by atoms with Crippen LogP contribution in [0.15, 0.2) is 48.2 Å². The van der Waals surface area contributed by atoms with Crippen molar-refractivity contribution < 1.29 is 4.79 Å². The molecule has 0 spiro atoms. The van der Waals surface area contributed by atoms with Crippen LogP contribution in [-0.4, -0.2) is 24.4 Å². The van der Waals surface area contributed by atoms with Crippen LogP contribution >= 0.6 is 0 Å². The molecule has 0 aliphatic carbocycles. The van der Waals surface area contributed by atoms with E-state index in [9.17, 15) is 4.79 Å². The van der Waals surface area contributed by atoms with E-state index >= 15 is 0 Å². The fourth-order valence-corrected chi connectivity index (χ4v) is 1.81. The van der Waals surface area contributed by atoms with Crippen molar-refractivity contribution in [2.24, 2.45) is 5.73 Å². The van der Waals surface area contributed by atoms with Crippen molar-refractivity contribution in [3.8, 4) is 0 Å². The highest BCUT2D eigenvalue weighted by Gasteiger charge is 2.16. The van der Waals surface area contributed by atoms with Gasteiger partial charge >= 0.3 is 0 Å². The van der Waals surface area contributed by atoms with E-state index < -0.39 is 0 Å². The third kappa shape index (κ3) is 1.98. The predicted octanol–water partition coefficient (Wildman–Crippen LogP) is 1.38. The molecule has 0 unspecified atom stereocenters. The Kier molecular flexibility index (Phi) is 2.77. The Bertz CT molecular complexity index is 460. The van der Waals surface area contributed by atoms with E-state index in [2.05, 4.69) is 12.1 Å². The number of hydrogen-bond acceptors (Lipinski definition) is 2. The van der Waals surface area contributed by atoms with Crippen molar-refractivity contribution in [1.82, 2.24) is 4.90 Å². The molecule has 1 aromatic rings. The molecule has 0 radical (unpaired) electrons. The number of nitrogens with zero attached hydrogens (tertiary/aromatic N) is 1. The van der Waals surface area contributed by atoms with Gasteiger partial charge in [0, 0.05) is 13.6 Å². The lowest BCUT2D eigenvalue weighted by atomic mass is 10.0. The van der Waals surface area contributed by atoms with Crippen LogP contribution in [0.4, 0.5) is 0 Å². The monoisotopic (exact) mass is 214 g/mol. The number of nitrogens with two attached hydrogens (primary N) is 1. The topological polar surface area (TPSA) is 46.3 Å². The average Bonchev–Trinajstić information content (AvgIpc) is 2.29. The van der Waals surface area contributed by atoms with Crippen LogP contribution in [-0.2, 0) is 4.79 Å². The first kappa shape index (κ1) is 10.5. The standard InChI is InChI=1S/C13H14N2O/c1-15-9-11(7-8-12(15)13(14)16)10-5-3-2-4-6-10/h2-8H,9H2,1H3,(H2,14,16). The van der Waals surface area contributed by atoms with E-state index in [1.807, 2.05) is 36.2 Å². The summed E-state index contributed by atoms with van der Waals surface area (Å²) in [6.45, 7) is 0.707. The number of amides is 1. The molecule has 0 saturated heterocycles. The molecule has 82 valence electrons. The highest BCUT2D eigenvalue weighted by Crippen LogP contribution is 2.21. The number of allylic oxidation sites excluding steroid dienone is 2. The lowest BCUT2D eigenvalue weighted by molar-refractivity contribution is -0.115. The summed E-state index contributed by atoms with van der Waals surface area (Å²) in [5, 5.41) is 0. The average molecular weight is 214 g/mol. The normalized spacial score (nSPS) is 15.4. The van der Waals surface area contributed by atoms with Crippen LogP contribution in [0.5, 0.6) is 0 Å². The van der Waals surface area contributed by atoms with Crippen LogP contribution < -0.4 is 5.73 Å². The summed E-state index contributed by atoms with van der Waals surface area (Å²) in [4.78, 5) is 13.0. The molecule has 1 aliphatic rings. The molecule has 1 aliphatic heterocycles. The van der Waals surface area contributed by atoms with Crippen LogP contribution in [0.1, 0.15) is 5.56 Å². The van der Waals surface area contributed by atoms with Crippen molar-refractivity contribution in [3.05, 3.63) is 53.7 Å². The molecule has 0 atom stereocenters. The van der Waals surface area contributed by atoms with Crippen molar-refractivity contribution >= 4 is 11.5 Å². The Balaban J connectivity index is 2.31. The Hall–Kier alpha value is -2.03. The summed E-state index contributed by atoms with van der Waals surface area (Å²) in [6.07, 6.45) is 3.73. The number of carbonyl (C=O) groups is 1. The van der Waals surface area contributed by atoms with Crippen LogP contribution in [0.2, 0.25) is 0 Å². The number of likely N-dealkylation sites (N-methyl/N-ethyl adjacent to an activating group) is 1. The molecule has 3 heteroatoms. The van der Waals surface area contributed by atoms with Gasteiger partial charge in [-0.3, -0.25) is 4.79 Å². The summed E-state index contributed by atoms with van der Waals surface area (Å²) < 4.78 is 0. The van der Waals surface area contributed by atoms with Gasteiger partial charge in [0.25, 0.3) is 5.91 Å². The number of hydrogen-bond donors (Lipinski definition) is 1. The summed E-state index contributed by atoms with van der Waals surface area (Å²) in [5.74, 6) is -0.383. The Morgan fingerprint density at radius 1 is 1.25 bits per heavy atom. The molecule has 1 aromatic carbocycles. The van der Waals surface area contributed by atoms with E-state index in [1.54, 1.807) is 6.08 Å². The van der Waals surface area contributed by atoms with E-state index in [1.165, 1.54) is 11.1 Å². The molecule has 0 fully saturated rings. The van der Waals surface area contributed by atoms with Gasteiger partial charge in [-0.2, -0.15) is 0 Å². The molecule has 1 heterocycles. The van der Waals surface area contributed by atoms with E-state index in [0.29, 0.717) is 12.2 Å². The molecule has 3 nitrogen and oxygen atoms in total. The molecule has 16 heavy (non-hydrogen) atoms. The minimum absolute atomic E-state index is 0.383. The minimum Gasteiger partial charge on any atom is -0.366 e. The highest BCUT2D eigenvalue weighted by molar-refractivity contribution is 5.93. The molecule has 0 bridgehead atoms. The van der Waals surface area contributed by atoms with Crippen molar-refractivity contribution in [2.75, 3.05) is 13.6 Å². The second kappa shape index (κ2) is 4.23. The number of carbonyl (C=O) groups excluding carboxylic acids is 1. The fourth-order valence-electron chi connectivity index (χ4n) is 1.81. The van der Waals surface area contributed by atoms with Gasteiger partial charge in [0.15, 0.2) is 0 Å². The molecular weight excluding hydrogens is 200 g/mol. The van der Waals surface area contributed by atoms with E-state index in [0.717, 1.165) is 0 Å². The SMILES string of the molecule is CN1CC(c2ccccc2)=CC=C1C(N)=O. The molecule has 2 N–H and O–H groups in total. The van der Waals surface area contributed by atoms with Gasteiger partial charge in [-0.05, 0) is 17.2 Å². The Labute approximate surface area is 94.9 Å². The van der Waals surface area contributed by atoms with Gasteiger partial charge in [0.1, 0.15) is 5.70 Å². The van der Waals surface area contributed by atoms with Crippen LogP contribution in [0.3, 0.4) is 0 Å². The third-order valence-corrected chi connectivity index (χ3v) is 2.66. The van der Waals surface area contributed by atoms with E-state index in [4.69, 9.17) is 5.73 Å². The molecule has 0 saturated carbocycles. The smallest absolute Gasteiger partial charge is 0.264 e. The summed E-state index contributed by atoms with van der Waals surface area (Å²) >= 11 is 0.